The van der Waals surface area contributed by atoms with Gasteiger partial charge in [-0.15, -0.1) is 0 Å². The zero-order valence-corrected chi connectivity index (χ0v) is 12.0. The Morgan fingerprint density at radius 3 is 2.53 bits per heavy atom. The first-order valence-electron chi connectivity index (χ1n) is 7.46. The molecule has 1 aliphatic heterocycles. The molecule has 2 heteroatoms. The summed E-state index contributed by atoms with van der Waals surface area (Å²) in [5.74, 6) is 0. The molecule has 100 valence electrons. The monoisotopic (exact) mass is 238 g/mol. The highest BCUT2D eigenvalue weighted by molar-refractivity contribution is 5.01. The zero-order chi connectivity index (χ0) is 12.5. The van der Waals surface area contributed by atoms with E-state index in [0.29, 0.717) is 11.0 Å². The lowest BCUT2D eigenvalue weighted by atomic mass is 9.66. The van der Waals surface area contributed by atoms with Crippen LogP contribution in [-0.4, -0.2) is 29.6 Å². The molecule has 2 unspecified atom stereocenters. The summed E-state index contributed by atoms with van der Waals surface area (Å²) < 4.78 is 0. The van der Waals surface area contributed by atoms with Crippen LogP contribution in [0.4, 0.5) is 0 Å². The Morgan fingerprint density at radius 1 is 1.18 bits per heavy atom. The SMILES string of the molecule is CC1CCCCN1C1(CN)CCCC(C)(C)C1. The molecule has 2 fully saturated rings. The van der Waals surface area contributed by atoms with E-state index in [1.807, 2.05) is 0 Å². The lowest BCUT2D eigenvalue weighted by Crippen LogP contribution is -2.61. The number of rotatable bonds is 2. The van der Waals surface area contributed by atoms with Crippen molar-refractivity contribution in [1.82, 2.24) is 4.90 Å². The molecule has 1 saturated carbocycles. The van der Waals surface area contributed by atoms with E-state index in [0.717, 1.165) is 12.6 Å². The van der Waals surface area contributed by atoms with Crippen molar-refractivity contribution in [3.63, 3.8) is 0 Å². The van der Waals surface area contributed by atoms with Crippen LogP contribution in [0.1, 0.15) is 65.7 Å². The van der Waals surface area contributed by atoms with Gasteiger partial charge in [0.05, 0.1) is 0 Å². The van der Waals surface area contributed by atoms with Crippen molar-refractivity contribution in [3.8, 4) is 0 Å². The van der Waals surface area contributed by atoms with Crippen LogP contribution < -0.4 is 5.73 Å². The third-order valence-corrected chi connectivity index (χ3v) is 5.10. The standard InChI is InChI=1S/C15H30N2/c1-13-7-4-5-10-17(13)15(12-16)9-6-8-14(2,3)11-15/h13H,4-12,16H2,1-3H3. The average Bonchev–Trinajstić information content (AvgIpc) is 2.28. The fourth-order valence-electron chi connectivity index (χ4n) is 4.30. The summed E-state index contributed by atoms with van der Waals surface area (Å²) >= 11 is 0. The first kappa shape index (κ1) is 13.4. The van der Waals surface area contributed by atoms with E-state index in [2.05, 4.69) is 25.7 Å². The quantitative estimate of drug-likeness (QED) is 0.800. The van der Waals surface area contributed by atoms with Gasteiger partial charge in [0.25, 0.3) is 0 Å². The minimum absolute atomic E-state index is 0.307. The van der Waals surface area contributed by atoms with Crippen molar-refractivity contribution in [1.29, 1.82) is 0 Å². The second-order valence-corrected chi connectivity index (χ2v) is 7.16. The fraction of sp³-hybridized carbons (Fsp3) is 1.00. The van der Waals surface area contributed by atoms with Crippen LogP contribution in [0, 0.1) is 5.41 Å². The van der Waals surface area contributed by atoms with Crippen molar-refractivity contribution in [2.75, 3.05) is 13.1 Å². The first-order chi connectivity index (χ1) is 7.99. The predicted octanol–water partition coefficient (Wildman–Crippen LogP) is 3.16. The smallest absolute Gasteiger partial charge is 0.0339 e. The lowest BCUT2D eigenvalue weighted by Gasteiger charge is -2.54. The number of nitrogens with two attached hydrogens (primary N) is 1. The van der Waals surface area contributed by atoms with E-state index in [9.17, 15) is 0 Å². The molecular formula is C15H30N2. The van der Waals surface area contributed by atoms with E-state index < -0.39 is 0 Å². The largest absolute Gasteiger partial charge is 0.329 e. The Bertz CT molecular complexity index is 262. The maximum atomic E-state index is 6.21. The minimum atomic E-state index is 0.307. The molecule has 1 aliphatic carbocycles. The van der Waals surface area contributed by atoms with E-state index >= 15 is 0 Å². The normalized spacial score (nSPS) is 39.2. The Morgan fingerprint density at radius 2 is 1.94 bits per heavy atom. The second kappa shape index (κ2) is 4.89. The van der Waals surface area contributed by atoms with E-state index in [-0.39, 0.29) is 0 Å². The van der Waals surface area contributed by atoms with Crippen LogP contribution in [0.3, 0.4) is 0 Å². The second-order valence-electron chi connectivity index (χ2n) is 7.16. The molecule has 0 aromatic heterocycles. The maximum Gasteiger partial charge on any atom is 0.0339 e. The summed E-state index contributed by atoms with van der Waals surface area (Å²) in [7, 11) is 0. The van der Waals surface area contributed by atoms with Crippen molar-refractivity contribution in [3.05, 3.63) is 0 Å². The van der Waals surface area contributed by atoms with Gasteiger partial charge < -0.3 is 5.73 Å². The van der Waals surface area contributed by atoms with E-state index in [1.54, 1.807) is 0 Å². The summed E-state index contributed by atoms with van der Waals surface area (Å²) in [4.78, 5) is 2.76. The highest BCUT2D eigenvalue weighted by Gasteiger charge is 2.44. The third-order valence-electron chi connectivity index (χ3n) is 5.10. The summed E-state index contributed by atoms with van der Waals surface area (Å²) in [6.07, 6.45) is 9.47. The van der Waals surface area contributed by atoms with Gasteiger partial charge in [-0.25, -0.2) is 0 Å². The van der Waals surface area contributed by atoms with Gasteiger partial charge in [-0.05, 0) is 51.0 Å². The Balaban J connectivity index is 2.17. The van der Waals surface area contributed by atoms with Crippen LogP contribution in [0.15, 0.2) is 0 Å². The van der Waals surface area contributed by atoms with Crippen molar-refractivity contribution in [2.24, 2.45) is 11.1 Å². The summed E-state index contributed by atoms with van der Waals surface area (Å²) in [5, 5.41) is 0. The van der Waals surface area contributed by atoms with E-state index in [4.69, 9.17) is 5.73 Å². The average molecular weight is 238 g/mol. The third kappa shape index (κ3) is 2.68. The minimum Gasteiger partial charge on any atom is -0.329 e. The van der Waals surface area contributed by atoms with Crippen LogP contribution >= 0.6 is 0 Å². The number of nitrogens with zero attached hydrogens (tertiary/aromatic N) is 1. The lowest BCUT2D eigenvalue weighted by molar-refractivity contribution is -0.0289. The molecule has 1 saturated heterocycles. The number of hydrogen-bond acceptors (Lipinski definition) is 2. The van der Waals surface area contributed by atoms with Crippen molar-refractivity contribution < 1.29 is 0 Å². The van der Waals surface area contributed by atoms with Crippen LogP contribution in [0.25, 0.3) is 0 Å². The van der Waals surface area contributed by atoms with Crippen molar-refractivity contribution in [2.45, 2.75) is 77.3 Å². The molecule has 0 bridgehead atoms. The molecule has 0 aromatic rings. The molecule has 0 amide bonds. The van der Waals surface area contributed by atoms with Gasteiger partial charge in [0, 0.05) is 18.1 Å². The molecule has 0 spiro atoms. The predicted molar refractivity (Wildman–Crippen MR) is 74.1 cm³/mol. The van der Waals surface area contributed by atoms with Crippen molar-refractivity contribution >= 4 is 0 Å². The van der Waals surface area contributed by atoms with Gasteiger partial charge in [-0.3, -0.25) is 4.90 Å². The Hall–Kier alpha value is -0.0800. The number of piperidine rings is 1. The molecule has 2 aliphatic rings. The van der Waals surface area contributed by atoms with Gasteiger partial charge in [-0.2, -0.15) is 0 Å². The molecule has 2 nitrogen and oxygen atoms in total. The topological polar surface area (TPSA) is 29.3 Å². The zero-order valence-electron chi connectivity index (χ0n) is 12.0. The van der Waals surface area contributed by atoms with Gasteiger partial charge >= 0.3 is 0 Å². The first-order valence-corrected chi connectivity index (χ1v) is 7.46. The van der Waals surface area contributed by atoms with Gasteiger partial charge in [0.15, 0.2) is 0 Å². The molecule has 2 atom stereocenters. The molecule has 2 N–H and O–H groups in total. The van der Waals surface area contributed by atoms with Gasteiger partial charge in [0.1, 0.15) is 0 Å². The summed E-state index contributed by atoms with van der Waals surface area (Å²) in [5.41, 5.74) is 7.00. The Labute approximate surface area is 107 Å². The number of likely N-dealkylation sites (tertiary alicyclic amines) is 1. The summed E-state index contributed by atoms with van der Waals surface area (Å²) in [6.45, 7) is 9.36. The highest BCUT2D eigenvalue weighted by Crippen LogP contribution is 2.45. The van der Waals surface area contributed by atoms with Crippen LogP contribution in [0.5, 0.6) is 0 Å². The fourth-order valence-corrected chi connectivity index (χ4v) is 4.30. The Kier molecular flexibility index (Phi) is 3.84. The molecule has 0 aromatic carbocycles. The van der Waals surface area contributed by atoms with E-state index in [1.165, 1.54) is 51.5 Å². The summed E-state index contributed by atoms with van der Waals surface area (Å²) in [6, 6.07) is 0.737. The molecule has 17 heavy (non-hydrogen) atoms. The highest BCUT2D eigenvalue weighted by atomic mass is 15.2. The molecule has 1 heterocycles. The van der Waals surface area contributed by atoms with Crippen LogP contribution in [0.2, 0.25) is 0 Å². The molecule has 2 rings (SSSR count). The maximum absolute atomic E-state index is 6.21. The molecule has 0 radical (unpaired) electrons. The van der Waals surface area contributed by atoms with Gasteiger partial charge in [0.2, 0.25) is 0 Å². The number of hydrogen-bond donors (Lipinski definition) is 1. The molecular weight excluding hydrogens is 208 g/mol. The van der Waals surface area contributed by atoms with Crippen LogP contribution in [-0.2, 0) is 0 Å². The van der Waals surface area contributed by atoms with Gasteiger partial charge in [-0.1, -0.05) is 26.7 Å².